The third-order valence-corrected chi connectivity index (χ3v) is 3.12. The predicted octanol–water partition coefficient (Wildman–Crippen LogP) is 0.924. The first kappa shape index (κ1) is 14.3. The number of carbonyl (C=O) groups is 2. The fourth-order valence-electron chi connectivity index (χ4n) is 1.81. The van der Waals surface area contributed by atoms with Crippen LogP contribution < -0.4 is 10.6 Å². The number of imide groups is 1. The standard InChI is InChI=1S/C11H20ClN3O2/c1-8(15-5-3-4-6-15)7-13-11(17)14-10(16)9(2)12/h8-9H,3-7H2,1-2H3,(H2,13,14,16,17). The highest BCUT2D eigenvalue weighted by Crippen LogP contribution is 2.10. The molecule has 6 heteroatoms. The van der Waals surface area contributed by atoms with Crippen LogP contribution in [0.15, 0.2) is 0 Å². The van der Waals surface area contributed by atoms with Gasteiger partial charge in [0.15, 0.2) is 0 Å². The molecule has 3 amide bonds. The molecule has 5 nitrogen and oxygen atoms in total. The molecule has 98 valence electrons. The summed E-state index contributed by atoms with van der Waals surface area (Å²) >= 11 is 5.54. The van der Waals surface area contributed by atoms with Gasteiger partial charge in [-0.15, -0.1) is 11.6 Å². The highest BCUT2D eigenvalue weighted by molar-refractivity contribution is 6.31. The van der Waals surface area contributed by atoms with Crippen LogP contribution in [0.2, 0.25) is 0 Å². The second kappa shape index (κ2) is 6.81. The lowest BCUT2D eigenvalue weighted by atomic mass is 10.3. The quantitative estimate of drug-likeness (QED) is 0.740. The topological polar surface area (TPSA) is 61.4 Å². The number of halogens is 1. The van der Waals surface area contributed by atoms with Gasteiger partial charge in [0.2, 0.25) is 5.91 Å². The predicted molar refractivity (Wildman–Crippen MR) is 67.1 cm³/mol. The van der Waals surface area contributed by atoms with Crippen molar-refractivity contribution in [3.05, 3.63) is 0 Å². The van der Waals surface area contributed by atoms with Crippen molar-refractivity contribution in [2.45, 2.75) is 38.1 Å². The number of likely N-dealkylation sites (tertiary alicyclic amines) is 1. The maximum Gasteiger partial charge on any atom is 0.321 e. The largest absolute Gasteiger partial charge is 0.336 e. The number of rotatable bonds is 4. The maximum absolute atomic E-state index is 11.4. The summed E-state index contributed by atoms with van der Waals surface area (Å²) in [6.45, 7) is 6.30. The molecule has 1 fully saturated rings. The third-order valence-electron chi connectivity index (χ3n) is 2.92. The lowest BCUT2D eigenvalue weighted by molar-refractivity contribution is -0.119. The number of hydrogen-bond donors (Lipinski definition) is 2. The smallest absolute Gasteiger partial charge is 0.321 e. The molecule has 2 atom stereocenters. The molecule has 0 bridgehead atoms. The van der Waals surface area contributed by atoms with Crippen molar-refractivity contribution >= 4 is 23.5 Å². The Balaban J connectivity index is 2.20. The van der Waals surface area contributed by atoms with Crippen molar-refractivity contribution in [2.75, 3.05) is 19.6 Å². The molecule has 1 aliphatic heterocycles. The Kier molecular flexibility index (Phi) is 5.71. The molecule has 1 saturated heterocycles. The van der Waals surface area contributed by atoms with Crippen LogP contribution in [0, 0.1) is 0 Å². The van der Waals surface area contributed by atoms with E-state index >= 15 is 0 Å². The van der Waals surface area contributed by atoms with Gasteiger partial charge in [-0.1, -0.05) is 0 Å². The third kappa shape index (κ3) is 4.91. The van der Waals surface area contributed by atoms with Crippen LogP contribution in [0.25, 0.3) is 0 Å². The van der Waals surface area contributed by atoms with Crippen LogP contribution >= 0.6 is 11.6 Å². The second-order valence-electron chi connectivity index (χ2n) is 4.41. The summed E-state index contributed by atoms with van der Waals surface area (Å²) in [7, 11) is 0. The van der Waals surface area contributed by atoms with E-state index in [1.807, 2.05) is 0 Å². The summed E-state index contributed by atoms with van der Waals surface area (Å²) < 4.78 is 0. The van der Waals surface area contributed by atoms with Gasteiger partial charge in [0.25, 0.3) is 0 Å². The van der Waals surface area contributed by atoms with E-state index in [1.165, 1.54) is 19.8 Å². The highest BCUT2D eigenvalue weighted by Gasteiger charge is 2.19. The SMILES string of the molecule is CC(Cl)C(=O)NC(=O)NCC(C)N1CCCC1. The van der Waals surface area contributed by atoms with E-state index in [0.29, 0.717) is 12.6 Å². The van der Waals surface area contributed by atoms with Crippen LogP contribution in [-0.4, -0.2) is 47.9 Å². The average molecular weight is 262 g/mol. The summed E-state index contributed by atoms with van der Waals surface area (Å²) in [6.07, 6.45) is 2.44. The summed E-state index contributed by atoms with van der Waals surface area (Å²) in [5, 5.41) is 4.16. The van der Waals surface area contributed by atoms with Gasteiger partial charge in [-0.3, -0.25) is 15.0 Å². The molecule has 17 heavy (non-hydrogen) atoms. The fraction of sp³-hybridized carbons (Fsp3) is 0.818. The molecule has 0 spiro atoms. The van der Waals surface area contributed by atoms with E-state index < -0.39 is 17.3 Å². The molecule has 0 aliphatic carbocycles. The minimum absolute atomic E-state index is 0.298. The Labute approximate surface area is 107 Å². The molecule has 1 aliphatic rings. The zero-order valence-electron chi connectivity index (χ0n) is 10.3. The summed E-state index contributed by atoms with van der Waals surface area (Å²) in [5.41, 5.74) is 0. The minimum Gasteiger partial charge on any atom is -0.336 e. The first-order valence-electron chi connectivity index (χ1n) is 5.97. The molecule has 1 rings (SSSR count). The van der Waals surface area contributed by atoms with Gasteiger partial charge in [0.1, 0.15) is 5.38 Å². The molecule has 0 aromatic carbocycles. The second-order valence-corrected chi connectivity index (χ2v) is 5.06. The number of urea groups is 1. The lowest BCUT2D eigenvalue weighted by Crippen LogP contribution is -2.47. The average Bonchev–Trinajstić information content (AvgIpc) is 2.79. The molecule has 0 aromatic heterocycles. The van der Waals surface area contributed by atoms with Crippen LogP contribution in [0.1, 0.15) is 26.7 Å². The zero-order chi connectivity index (χ0) is 12.8. The van der Waals surface area contributed by atoms with Crippen molar-refractivity contribution in [2.24, 2.45) is 0 Å². The van der Waals surface area contributed by atoms with E-state index in [9.17, 15) is 9.59 Å². The van der Waals surface area contributed by atoms with Crippen molar-refractivity contribution in [3.8, 4) is 0 Å². The fourth-order valence-corrected chi connectivity index (χ4v) is 1.86. The van der Waals surface area contributed by atoms with E-state index in [4.69, 9.17) is 11.6 Å². The van der Waals surface area contributed by atoms with Gasteiger partial charge in [-0.05, 0) is 39.8 Å². The number of nitrogens with one attached hydrogen (secondary N) is 2. The maximum atomic E-state index is 11.4. The van der Waals surface area contributed by atoms with Gasteiger partial charge < -0.3 is 5.32 Å². The molecule has 2 unspecified atom stereocenters. The van der Waals surface area contributed by atoms with Crippen molar-refractivity contribution in [1.29, 1.82) is 0 Å². The van der Waals surface area contributed by atoms with Crippen LogP contribution in [0.3, 0.4) is 0 Å². The number of carbonyl (C=O) groups excluding carboxylic acids is 2. The summed E-state index contributed by atoms with van der Waals surface area (Å²) in [5.74, 6) is -0.474. The van der Waals surface area contributed by atoms with Crippen molar-refractivity contribution < 1.29 is 9.59 Å². The van der Waals surface area contributed by atoms with Crippen molar-refractivity contribution in [1.82, 2.24) is 15.5 Å². The van der Waals surface area contributed by atoms with Gasteiger partial charge in [0, 0.05) is 12.6 Å². The van der Waals surface area contributed by atoms with Gasteiger partial charge in [-0.25, -0.2) is 4.79 Å². The minimum atomic E-state index is -0.697. The highest BCUT2D eigenvalue weighted by atomic mass is 35.5. The van der Waals surface area contributed by atoms with Crippen molar-refractivity contribution in [3.63, 3.8) is 0 Å². The zero-order valence-corrected chi connectivity index (χ0v) is 11.1. The van der Waals surface area contributed by atoms with Gasteiger partial charge in [-0.2, -0.15) is 0 Å². The number of hydrogen-bond acceptors (Lipinski definition) is 3. The number of nitrogens with zero attached hydrogens (tertiary/aromatic N) is 1. The van der Waals surface area contributed by atoms with Crippen LogP contribution in [-0.2, 0) is 4.79 Å². The summed E-state index contributed by atoms with van der Waals surface area (Å²) in [6, 6.07) is -0.180. The van der Waals surface area contributed by atoms with E-state index in [-0.39, 0.29) is 0 Å². The Morgan fingerprint density at radius 1 is 1.29 bits per heavy atom. The molecule has 0 aromatic rings. The molecule has 2 N–H and O–H groups in total. The molecular weight excluding hydrogens is 242 g/mol. The Bertz CT molecular complexity index is 278. The summed E-state index contributed by atoms with van der Waals surface area (Å²) in [4.78, 5) is 24.8. The van der Waals surface area contributed by atoms with Crippen LogP contribution in [0.5, 0.6) is 0 Å². The number of alkyl halides is 1. The first-order valence-corrected chi connectivity index (χ1v) is 6.41. The first-order chi connectivity index (χ1) is 8.00. The Morgan fingerprint density at radius 2 is 1.88 bits per heavy atom. The van der Waals surface area contributed by atoms with E-state index in [2.05, 4.69) is 22.5 Å². The normalized spacial score (nSPS) is 19.7. The molecule has 1 heterocycles. The lowest BCUT2D eigenvalue weighted by Gasteiger charge is -2.23. The van der Waals surface area contributed by atoms with Gasteiger partial charge in [0.05, 0.1) is 0 Å². The Hall–Kier alpha value is -0.810. The molecule has 0 saturated carbocycles. The van der Waals surface area contributed by atoms with E-state index in [0.717, 1.165) is 13.1 Å². The van der Waals surface area contributed by atoms with Gasteiger partial charge >= 0.3 is 6.03 Å². The number of amides is 3. The Morgan fingerprint density at radius 3 is 2.41 bits per heavy atom. The molecular formula is C11H20ClN3O2. The van der Waals surface area contributed by atoms with E-state index in [1.54, 1.807) is 0 Å². The monoisotopic (exact) mass is 261 g/mol. The molecule has 0 radical (unpaired) electrons. The van der Waals surface area contributed by atoms with Crippen LogP contribution in [0.4, 0.5) is 4.79 Å².